The van der Waals surface area contributed by atoms with Gasteiger partial charge in [0.15, 0.2) is 0 Å². The van der Waals surface area contributed by atoms with Crippen molar-refractivity contribution in [3.05, 3.63) is 33.8 Å². The molecule has 1 aromatic rings. The summed E-state index contributed by atoms with van der Waals surface area (Å²) in [7, 11) is 0. The van der Waals surface area contributed by atoms with Crippen molar-refractivity contribution in [3.8, 4) is 0 Å². The largest absolute Gasteiger partial charge is 0.387 e. The predicted octanol–water partition coefficient (Wildman–Crippen LogP) is 2.79. The van der Waals surface area contributed by atoms with E-state index in [0.717, 1.165) is 28.6 Å². The van der Waals surface area contributed by atoms with Crippen molar-refractivity contribution in [2.45, 2.75) is 26.4 Å². The lowest BCUT2D eigenvalue weighted by molar-refractivity contribution is 0.175. The Labute approximate surface area is 99.8 Å². The molecule has 0 bridgehead atoms. The van der Waals surface area contributed by atoms with Crippen LogP contribution in [0.1, 0.15) is 30.6 Å². The molecule has 2 N–H and O–H groups in total. The van der Waals surface area contributed by atoms with Crippen molar-refractivity contribution < 1.29 is 5.11 Å². The van der Waals surface area contributed by atoms with Crippen molar-refractivity contribution in [2.24, 2.45) is 0 Å². The molecule has 0 spiro atoms. The highest BCUT2D eigenvalue weighted by Crippen LogP contribution is 2.20. The van der Waals surface area contributed by atoms with Crippen LogP contribution in [0, 0.1) is 6.92 Å². The minimum atomic E-state index is -0.414. The molecule has 1 aromatic carbocycles. The zero-order chi connectivity index (χ0) is 11.3. The normalized spacial score (nSPS) is 12.8. The molecular formula is C12H18BrNO. The molecule has 84 valence electrons. The third kappa shape index (κ3) is 3.93. The number of hydrogen-bond acceptors (Lipinski definition) is 2. The van der Waals surface area contributed by atoms with Crippen molar-refractivity contribution in [3.63, 3.8) is 0 Å². The van der Waals surface area contributed by atoms with Gasteiger partial charge in [-0.3, -0.25) is 0 Å². The fourth-order valence-corrected chi connectivity index (χ4v) is 1.66. The van der Waals surface area contributed by atoms with Gasteiger partial charge in [-0.25, -0.2) is 0 Å². The lowest BCUT2D eigenvalue weighted by Crippen LogP contribution is -2.22. The number of benzene rings is 1. The van der Waals surface area contributed by atoms with E-state index in [4.69, 9.17) is 0 Å². The van der Waals surface area contributed by atoms with Crippen molar-refractivity contribution in [1.29, 1.82) is 0 Å². The second-order valence-electron chi connectivity index (χ2n) is 3.73. The van der Waals surface area contributed by atoms with Crippen LogP contribution in [0.15, 0.2) is 22.7 Å². The number of aliphatic hydroxyl groups is 1. The molecule has 0 fully saturated rings. The van der Waals surface area contributed by atoms with Gasteiger partial charge in [0.05, 0.1) is 6.10 Å². The van der Waals surface area contributed by atoms with Crippen molar-refractivity contribution in [2.75, 3.05) is 13.1 Å². The first-order chi connectivity index (χ1) is 7.15. The minimum Gasteiger partial charge on any atom is -0.387 e. The molecule has 0 saturated carbocycles. The van der Waals surface area contributed by atoms with E-state index in [0.29, 0.717) is 6.54 Å². The fraction of sp³-hybridized carbons (Fsp3) is 0.500. The van der Waals surface area contributed by atoms with Crippen LogP contribution in [0.2, 0.25) is 0 Å². The Morgan fingerprint density at radius 3 is 2.80 bits per heavy atom. The second-order valence-corrected chi connectivity index (χ2v) is 4.58. The first-order valence-electron chi connectivity index (χ1n) is 5.30. The molecule has 0 aliphatic carbocycles. The quantitative estimate of drug-likeness (QED) is 0.808. The zero-order valence-corrected chi connectivity index (χ0v) is 10.8. The highest BCUT2D eigenvalue weighted by Gasteiger charge is 2.07. The van der Waals surface area contributed by atoms with E-state index >= 15 is 0 Å². The van der Waals surface area contributed by atoms with Crippen LogP contribution in [-0.4, -0.2) is 18.2 Å². The van der Waals surface area contributed by atoms with Crippen molar-refractivity contribution >= 4 is 15.9 Å². The van der Waals surface area contributed by atoms with E-state index in [1.807, 2.05) is 25.1 Å². The van der Waals surface area contributed by atoms with Gasteiger partial charge in [0, 0.05) is 11.0 Å². The molecule has 0 saturated heterocycles. The van der Waals surface area contributed by atoms with Gasteiger partial charge in [-0.2, -0.15) is 0 Å². The van der Waals surface area contributed by atoms with Crippen LogP contribution < -0.4 is 5.32 Å². The first kappa shape index (κ1) is 12.7. The van der Waals surface area contributed by atoms with E-state index < -0.39 is 6.10 Å². The van der Waals surface area contributed by atoms with Crippen LogP contribution in [0.4, 0.5) is 0 Å². The Morgan fingerprint density at radius 1 is 1.47 bits per heavy atom. The van der Waals surface area contributed by atoms with Gasteiger partial charge in [0.1, 0.15) is 0 Å². The zero-order valence-electron chi connectivity index (χ0n) is 9.26. The SMILES string of the molecule is CCCNCC(O)c1ccc(Br)c(C)c1. The molecule has 3 heteroatoms. The van der Waals surface area contributed by atoms with Gasteiger partial charge in [-0.15, -0.1) is 0 Å². The maximum absolute atomic E-state index is 9.88. The minimum absolute atomic E-state index is 0.414. The van der Waals surface area contributed by atoms with Crippen LogP contribution >= 0.6 is 15.9 Å². The number of halogens is 1. The van der Waals surface area contributed by atoms with Crippen LogP contribution in [-0.2, 0) is 0 Å². The monoisotopic (exact) mass is 271 g/mol. The molecule has 0 amide bonds. The Kier molecular flexibility index (Phi) is 5.29. The summed E-state index contributed by atoms with van der Waals surface area (Å²) in [5.74, 6) is 0. The highest BCUT2D eigenvalue weighted by molar-refractivity contribution is 9.10. The smallest absolute Gasteiger partial charge is 0.0914 e. The average Bonchev–Trinajstić information content (AvgIpc) is 2.22. The number of aliphatic hydroxyl groups excluding tert-OH is 1. The summed E-state index contributed by atoms with van der Waals surface area (Å²) in [5.41, 5.74) is 2.13. The van der Waals surface area contributed by atoms with Crippen LogP contribution in [0.25, 0.3) is 0 Å². The van der Waals surface area contributed by atoms with Crippen LogP contribution in [0.5, 0.6) is 0 Å². The lowest BCUT2D eigenvalue weighted by Gasteiger charge is -2.12. The number of hydrogen-bond donors (Lipinski definition) is 2. The molecule has 0 aliphatic rings. The van der Waals surface area contributed by atoms with Gasteiger partial charge in [-0.1, -0.05) is 35.0 Å². The molecule has 1 rings (SSSR count). The number of nitrogens with one attached hydrogen (secondary N) is 1. The van der Waals surface area contributed by atoms with Gasteiger partial charge >= 0.3 is 0 Å². The first-order valence-corrected chi connectivity index (χ1v) is 6.09. The Morgan fingerprint density at radius 2 is 2.20 bits per heavy atom. The summed E-state index contributed by atoms with van der Waals surface area (Å²) < 4.78 is 1.08. The summed E-state index contributed by atoms with van der Waals surface area (Å²) in [6.07, 6.45) is 0.676. The molecule has 1 atom stereocenters. The molecule has 1 unspecified atom stereocenters. The molecule has 2 nitrogen and oxygen atoms in total. The topological polar surface area (TPSA) is 32.3 Å². The number of rotatable bonds is 5. The fourth-order valence-electron chi connectivity index (χ4n) is 1.41. The summed E-state index contributed by atoms with van der Waals surface area (Å²) in [6, 6.07) is 5.95. The Balaban J connectivity index is 2.57. The maximum Gasteiger partial charge on any atom is 0.0914 e. The number of aryl methyl sites for hydroxylation is 1. The van der Waals surface area contributed by atoms with E-state index in [1.54, 1.807) is 0 Å². The summed E-state index contributed by atoms with van der Waals surface area (Å²) in [5, 5.41) is 13.1. The van der Waals surface area contributed by atoms with Crippen molar-refractivity contribution in [1.82, 2.24) is 5.32 Å². The molecular weight excluding hydrogens is 254 g/mol. The Bertz CT molecular complexity index is 314. The van der Waals surface area contributed by atoms with E-state index in [-0.39, 0.29) is 0 Å². The second kappa shape index (κ2) is 6.26. The summed E-state index contributed by atoms with van der Waals surface area (Å²) in [6.45, 7) is 5.71. The average molecular weight is 272 g/mol. The van der Waals surface area contributed by atoms with E-state index in [9.17, 15) is 5.11 Å². The molecule has 0 aliphatic heterocycles. The van der Waals surface area contributed by atoms with Gasteiger partial charge in [0.25, 0.3) is 0 Å². The van der Waals surface area contributed by atoms with Gasteiger partial charge < -0.3 is 10.4 Å². The molecule has 15 heavy (non-hydrogen) atoms. The third-order valence-corrected chi connectivity index (χ3v) is 3.22. The predicted molar refractivity (Wildman–Crippen MR) is 67.0 cm³/mol. The van der Waals surface area contributed by atoms with E-state index in [1.165, 1.54) is 0 Å². The molecule has 0 aromatic heterocycles. The van der Waals surface area contributed by atoms with Gasteiger partial charge in [-0.05, 0) is 37.1 Å². The Hall–Kier alpha value is -0.380. The van der Waals surface area contributed by atoms with Crippen LogP contribution in [0.3, 0.4) is 0 Å². The summed E-state index contributed by atoms with van der Waals surface area (Å²) in [4.78, 5) is 0. The molecule has 0 radical (unpaired) electrons. The lowest BCUT2D eigenvalue weighted by atomic mass is 10.1. The van der Waals surface area contributed by atoms with E-state index in [2.05, 4.69) is 28.2 Å². The maximum atomic E-state index is 9.88. The molecule has 0 heterocycles. The summed E-state index contributed by atoms with van der Waals surface area (Å²) >= 11 is 3.45. The van der Waals surface area contributed by atoms with Gasteiger partial charge in [0.2, 0.25) is 0 Å². The third-order valence-electron chi connectivity index (χ3n) is 2.33. The highest BCUT2D eigenvalue weighted by atomic mass is 79.9. The standard InChI is InChI=1S/C12H18BrNO/c1-3-6-14-8-12(15)10-4-5-11(13)9(2)7-10/h4-5,7,12,14-15H,3,6,8H2,1-2H3.